The molecule has 0 bridgehead atoms. The number of nitrogens with two attached hydrogens (primary N) is 1. The average Bonchev–Trinajstić information content (AvgIpc) is 3.53. The standard InChI is InChI=1S/C42H48ClN9O3/c43-34-9-10-36(40(46)39(34)35(45)23-44)51-15-1-2-29(25-51)28-3-5-31(6-4-28)49-16-13-27(14-17-49)24-48-18-20-50(21-19-48)32-7-8-33-30(22-32)26-52(42(33)55)37-11-12-38(53)47-41(37)54/h3-10,22,27,29,37,45H,1-2,11-21,24-26,46H2,(H,47,53,54). The van der Waals surface area contributed by atoms with Crippen LogP contribution >= 0.6 is 11.6 Å². The third-order valence-electron chi connectivity index (χ3n) is 12.4. The van der Waals surface area contributed by atoms with Crippen molar-refractivity contribution < 1.29 is 14.4 Å². The first-order chi connectivity index (χ1) is 26.7. The van der Waals surface area contributed by atoms with Crippen molar-refractivity contribution in [3.05, 3.63) is 81.9 Å². The zero-order chi connectivity index (χ0) is 38.2. The molecule has 3 aromatic carbocycles. The quantitative estimate of drug-likeness (QED) is 0.164. The number of nitrogens with one attached hydrogen (secondary N) is 2. The Labute approximate surface area is 327 Å². The summed E-state index contributed by atoms with van der Waals surface area (Å²) < 4.78 is 0. The van der Waals surface area contributed by atoms with Gasteiger partial charge in [0.2, 0.25) is 11.8 Å². The van der Waals surface area contributed by atoms with E-state index in [4.69, 9.17) is 22.7 Å². The minimum absolute atomic E-state index is 0.130. The minimum Gasteiger partial charge on any atom is -0.396 e. The summed E-state index contributed by atoms with van der Waals surface area (Å²) >= 11 is 6.31. The van der Waals surface area contributed by atoms with Gasteiger partial charge in [-0.2, -0.15) is 5.26 Å². The summed E-state index contributed by atoms with van der Waals surface area (Å²) in [5.74, 6) is 0.263. The molecule has 3 aromatic rings. The van der Waals surface area contributed by atoms with Crippen LogP contribution in [-0.2, 0) is 16.1 Å². The molecule has 0 spiro atoms. The molecular weight excluding hydrogens is 714 g/mol. The van der Waals surface area contributed by atoms with Gasteiger partial charge in [0, 0.05) is 94.7 Å². The number of imide groups is 1. The van der Waals surface area contributed by atoms with Crippen LogP contribution in [0, 0.1) is 22.7 Å². The predicted molar refractivity (Wildman–Crippen MR) is 215 cm³/mol. The number of rotatable bonds is 8. The van der Waals surface area contributed by atoms with Gasteiger partial charge in [-0.3, -0.25) is 30.0 Å². The van der Waals surface area contributed by atoms with Crippen molar-refractivity contribution >= 4 is 57.8 Å². The molecule has 55 heavy (non-hydrogen) atoms. The lowest BCUT2D eigenvalue weighted by atomic mass is 9.89. The van der Waals surface area contributed by atoms with Crippen LogP contribution in [-0.4, -0.2) is 98.2 Å². The number of piperidine rings is 3. The van der Waals surface area contributed by atoms with Crippen LogP contribution in [0.25, 0.3) is 0 Å². The third kappa shape index (κ3) is 7.48. The number of piperazine rings is 1. The fourth-order valence-corrected chi connectivity index (χ4v) is 9.54. The molecule has 5 heterocycles. The van der Waals surface area contributed by atoms with Crippen molar-refractivity contribution in [2.24, 2.45) is 5.92 Å². The summed E-state index contributed by atoms with van der Waals surface area (Å²) in [4.78, 5) is 48.6. The Hall–Kier alpha value is -5.12. The average molecular weight is 762 g/mol. The van der Waals surface area contributed by atoms with Crippen LogP contribution < -0.4 is 25.8 Å². The molecule has 8 rings (SSSR count). The normalized spacial score (nSPS) is 22.4. The molecule has 4 saturated heterocycles. The number of fused-ring (bicyclic) bond motifs is 1. The molecule has 0 radical (unpaired) electrons. The number of carbonyl (C=O) groups is 3. The van der Waals surface area contributed by atoms with Crippen LogP contribution in [0.1, 0.15) is 71.5 Å². The van der Waals surface area contributed by atoms with E-state index in [2.05, 4.69) is 55.2 Å². The van der Waals surface area contributed by atoms with E-state index in [9.17, 15) is 19.6 Å². The van der Waals surface area contributed by atoms with E-state index < -0.39 is 6.04 Å². The molecule has 4 N–H and O–H groups in total. The van der Waals surface area contributed by atoms with E-state index in [1.807, 2.05) is 24.3 Å². The molecule has 3 amide bonds. The number of amides is 3. The lowest BCUT2D eigenvalue weighted by Crippen LogP contribution is -2.52. The highest BCUT2D eigenvalue weighted by Crippen LogP contribution is 2.38. The largest absolute Gasteiger partial charge is 0.396 e. The zero-order valence-electron chi connectivity index (χ0n) is 31.1. The summed E-state index contributed by atoms with van der Waals surface area (Å²) in [6, 6.07) is 20.1. The molecule has 0 saturated carbocycles. The molecular formula is C42H48ClN9O3. The van der Waals surface area contributed by atoms with Gasteiger partial charge in [-0.1, -0.05) is 23.7 Å². The molecule has 5 aliphatic rings. The first-order valence-electron chi connectivity index (χ1n) is 19.6. The van der Waals surface area contributed by atoms with Gasteiger partial charge in [-0.05, 0) is 91.6 Å². The highest BCUT2D eigenvalue weighted by molar-refractivity contribution is 6.36. The van der Waals surface area contributed by atoms with Crippen LogP contribution in [0.2, 0.25) is 5.02 Å². The maximum atomic E-state index is 13.1. The van der Waals surface area contributed by atoms with E-state index in [0.29, 0.717) is 46.6 Å². The van der Waals surface area contributed by atoms with Crippen molar-refractivity contribution in [3.63, 3.8) is 0 Å². The summed E-state index contributed by atoms with van der Waals surface area (Å²) in [5, 5.41) is 20.0. The minimum atomic E-state index is -0.593. The number of carbonyl (C=O) groups excluding carboxylic acids is 3. The number of nitrogens with zero attached hydrogens (tertiary/aromatic N) is 6. The van der Waals surface area contributed by atoms with Crippen molar-refractivity contribution in [2.75, 3.05) is 79.3 Å². The predicted octanol–water partition coefficient (Wildman–Crippen LogP) is 5.00. The molecule has 12 nitrogen and oxygen atoms in total. The van der Waals surface area contributed by atoms with Gasteiger partial charge in [0.15, 0.2) is 0 Å². The highest BCUT2D eigenvalue weighted by atomic mass is 35.5. The summed E-state index contributed by atoms with van der Waals surface area (Å²) in [5.41, 5.74) is 13.1. The number of nitrogen functional groups attached to an aromatic ring is 1. The van der Waals surface area contributed by atoms with Gasteiger partial charge in [0.05, 0.1) is 22.0 Å². The molecule has 286 valence electrons. The van der Waals surface area contributed by atoms with Crippen LogP contribution in [0.15, 0.2) is 54.6 Å². The van der Waals surface area contributed by atoms with E-state index in [0.717, 1.165) is 88.7 Å². The Morgan fingerprint density at radius 2 is 1.60 bits per heavy atom. The topological polar surface area (TPSA) is 153 Å². The molecule has 2 unspecified atom stereocenters. The van der Waals surface area contributed by atoms with Gasteiger partial charge >= 0.3 is 0 Å². The second kappa shape index (κ2) is 15.6. The molecule has 5 aliphatic heterocycles. The second-order valence-corrected chi connectivity index (χ2v) is 16.1. The second-order valence-electron chi connectivity index (χ2n) is 15.7. The maximum absolute atomic E-state index is 13.1. The van der Waals surface area contributed by atoms with Crippen molar-refractivity contribution in [3.8, 4) is 6.07 Å². The Morgan fingerprint density at radius 1 is 0.873 bits per heavy atom. The lowest BCUT2D eigenvalue weighted by molar-refractivity contribution is -0.136. The zero-order valence-corrected chi connectivity index (χ0v) is 31.9. The number of nitriles is 1. The van der Waals surface area contributed by atoms with Crippen LogP contribution in [0.3, 0.4) is 0 Å². The van der Waals surface area contributed by atoms with Crippen LogP contribution in [0.4, 0.5) is 22.7 Å². The lowest BCUT2D eigenvalue weighted by Gasteiger charge is -2.40. The van der Waals surface area contributed by atoms with Gasteiger partial charge < -0.3 is 25.3 Å². The van der Waals surface area contributed by atoms with Crippen molar-refractivity contribution in [2.45, 2.75) is 57.0 Å². The van der Waals surface area contributed by atoms with E-state index in [1.165, 1.54) is 24.1 Å². The van der Waals surface area contributed by atoms with E-state index in [-0.39, 0.29) is 29.9 Å². The first-order valence-corrected chi connectivity index (χ1v) is 20.0. The van der Waals surface area contributed by atoms with Gasteiger partial charge in [-0.25, -0.2) is 0 Å². The molecule has 2 atom stereocenters. The molecule has 4 fully saturated rings. The Kier molecular flexibility index (Phi) is 10.4. The summed E-state index contributed by atoms with van der Waals surface area (Å²) in [6.45, 7) is 9.22. The Balaban J connectivity index is 0.799. The molecule has 0 aliphatic carbocycles. The fraction of sp³-hybridized carbons (Fsp3) is 0.452. The van der Waals surface area contributed by atoms with Crippen LogP contribution in [0.5, 0.6) is 0 Å². The number of hydrogen-bond donors (Lipinski definition) is 3. The van der Waals surface area contributed by atoms with E-state index in [1.54, 1.807) is 11.0 Å². The van der Waals surface area contributed by atoms with Gasteiger partial charge in [0.1, 0.15) is 17.8 Å². The number of hydrogen-bond acceptors (Lipinski definition) is 10. The number of anilines is 4. The highest BCUT2D eigenvalue weighted by Gasteiger charge is 2.39. The van der Waals surface area contributed by atoms with Gasteiger partial charge in [0.25, 0.3) is 5.91 Å². The van der Waals surface area contributed by atoms with E-state index >= 15 is 0 Å². The summed E-state index contributed by atoms with van der Waals surface area (Å²) in [6.07, 6.45) is 5.12. The molecule has 13 heteroatoms. The van der Waals surface area contributed by atoms with Crippen molar-refractivity contribution in [1.82, 2.24) is 15.1 Å². The Bertz CT molecular complexity index is 2030. The van der Waals surface area contributed by atoms with Gasteiger partial charge in [-0.15, -0.1) is 0 Å². The third-order valence-corrected chi connectivity index (χ3v) is 12.7. The fourth-order valence-electron chi connectivity index (χ4n) is 9.28. The maximum Gasteiger partial charge on any atom is 0.255 e. The SMILES string of the molecule is N#CC(=N)c1c(Cl)ccc(N2CCCC(c3ccc(N4CCC(CN5CCN(c6ccc7c(c6)CN(C6CCC(=O)NC6=O)C7=O)CC5)CC4)cc3)C2)c1N. The Morgan fingerprint density at radius 3 is 2.33 bits per heavy atom. The monoisotopic (exact) mass is 761 g/mol. The molecule has 0 aromatic heterocycles. The first kappa shape index (κ1) is 36.8. The van der Waals surface area contributed by atoms with Crippen molar-refractivity contribution in [1.29, 1.82) is 10.7 Å². The number of halogens is 1. The smallest absolute Gasteiger partial charge is 0.255 e. The summed E-state index contributed by atoms with van der Waals surface area (Å²) in [7, 11) is 0. The number of benzene rings is 3.